The minimum absolute atomic E-state index is 0.0491. The Hall–Kier alpha value is -1.75. The number of hydrogen-bond donors (Lipinski definition) is 2. The lowest BCUT2D eigenvalue weighted by Gasteiger charge is -2.24. The van der Waals surface area contributed by atoms with E-state index in [1.165, 1.54) is 0 Å². The standard InChI is InChI=1S/C17H25ClN2O3/c1-5-23-17(22)20-15(11(2)3)16(21)19-12(4)10-13-8-6-7-9-14(13)18/h6-9,11-12,15H,5,10H2,1-4H3,(H,19,21)(H,20,22)/t12-,15+/m1/s1. The van der Waals surface area contributed by atoms with Crippen LogP contribution >= 0.6 is 11.6 Å². The Bertz CT molecular complexity index is 534. The molecule has 0 saturated heterocycles. The molecule has 0 aliphatic heterocycles. The lowest BCUT2D eigenvalue weighted by Crippen LogP contribution is -2.52. The van der Waals surface area contributed by atoms with Gasteiger partial charge in [0.25, 0.3) is 0 Å². The van der Waals surface area contributed by atoms with Crippen LogP contribution in [0.15, 0.2) is 24.3 Å². The van der Waals surface area contributed by atoms with Crippen molar-refractivity contribution in [3.8, 4) is 0 Å². The molecule has 0 spiro atoms. The number of ether oxygens (including phenoxy) is 1. The van der Waals surface area contributed by atoms with Crippen molar-refractivity contribution < 1.29 is 14.3 Å². The number of alkyl carbamates (subject to hydrolysis) is 1. The van der Waals surface area contributed by atoms with Crippen LogP contribution in [0.4, 0.5) is 4.79 Å². The fraction of sp³-hybridized carbons (Fsp3) is 0.529. The smallest absolute Gasteiger partial charge is 0.407 e. The highest BCUT2D eigenvalue weighted by molar-refractivity contribution is 6.31. The maximum Gasteiger partial charge on any atom is 0.407 e. The molecule has 0 aliphatic carbocycles. The summed E-state index contributed by atoms with van der Waals surface area (Å²) in [5.41, 5.74) is 0.974. The van der Waals surface area contributed by atoms with Crippen molar-refractivity contribution >= 4 is 23.6 Å². The molecule has 0 bridgehead atoms. The molecule has 0 heterocycles. The molecule has 2 atom stereocenters. The van der Waals surface area contributed by atoms with Gasteiger partial charge in [-0.3, -0.25) is 4.79 Å². The predicted molar refractivity (Wildman–Crippen MR) is 91.5 cm³/mol. The minimum Gasteiger partial charge on any atom is -0.450 e. The van der Waals surface area contributed by atoms with Crippen LogP contribution < -0.4 is 10.6 Å². The summed E-state index contributed by atoms with van der Waals surface area (Å²) in [6.45, 7) is 7.63. The Morgan fingerprint density at radius 3 is 2.39 bits per heavy atom. The second-order valence-corrected chi connectivity index (χ2v) is 6.20. The number of carbonyl (C=O) groups is 2. The van der Waals surface area contributed by atoms with Crippen LogP contribution in [0.25, 0.3) is 0 Å². The second kappa shape index (κ2) is 9.40. The highest BCUT2D eigenvalue weighted by atomic mass is 35.5. The van der Waals surface area contributed by atoms with E-state index in [-0.39, 0.29) is 24.5 Å². The van der Waals surface area contributed by atoms with Gasteiger partial charge in [0.2, 0.25) is 5.91 Å². The molecule has 0 fully saturated rings. The lowest BCUT2D eigenvalue weighted by molar-refractivity contribution is -0.124. The van der Waals surface area contributed by atoms with Gasteiger partial charge < -0.3 is 15.4 Å². The zero-order valence-corrected chi connectivity index (χ0v) is 14.8. The van der Waals surface area contributed by atoms with E-state index in [1.54, 1.807) is 6.92 Å². The van der Waals surface area contributed by atoms with Gasteiger partial charge in [0.15, 0.2) is 0 Å². The summed E-state index contributed by atoms with van der Waals surface area (Å²) < 4.78 is 4.84. The van der Waals surface area contributed by atoms with Gasteiger partial charge in [-0.05, 0) is 37.8 Å². The number of carbonyl (C=O) groups excluding carboxylic acids is 2. The van der Waals surface area contributed by atoms with Crippen LogP contribution in [0.5, 0.6) is 0 Å². The molecule has 23 heavy (non-hydrogen) atoms. The quantitative estimate of drug-likeness (QED) is 0.801. The molecule has 0 radical (unpaired) electrons. The summed E-state index contributed by atoms with van der Waals surface area (Å²) in [5, 5.41) is 6.19. The third-order valence-corrected chi connectivity index (χ3v) is 3.74. The van der Waals surface area contributed by atoms with E-state index >= 15 is 0 Å². The number of rotatable bonds is 7. The molecule has 5 nitrogen and oxygen atoms in total. The summed E-state index contributed by atoms with van der Waals surface area (Å²) in [4.78, 5) is 23.9. The summed E-state index contributed by atoms with van der Waals surface area (Å²) in [6.07, 6.45) is 0.0374. The summed E-state index contributed by atoms with van der Waals surface area (Å²) in [5.74, 6) is -0.278. The molecule has 0 aliphatic rings. The van der Waals surface area contributed by atoms with E-state index < -0.39 is 12.1 Å². The average molecular weight is 341 g/mol. The van der Waals surface area contributed by atoms with Gasteiger partial charge in [-0.2, -0.15) is 0 Å². The molecule has 0 saturated carbocycles. The van der Waals surface area contributed by atoms with Crippen LogP contribution in [0.1, 0.15) is 33.3 Å². The van der Waals surface area contributed by atoms with Gasteiger partial charge in [-0.25, -0.2) is 4.79 Å². The molecule has 0 unspecified atom stereocenters. The molecule has 128 valence electrons. The zero-order chi connectivity index (χ0) is 17.4. The maximum absolute atomic E-state index is 12.4. The summed E-state index contributed by atoms with van der Waals surface area (Å²) in [7, 11) is 0. The SMILES string of the molecule is CCOC(=O)N[C@H](C(=O)N[C@H](C)Cc1ccccc1Cl)C(C)C. The van der Waals surface area contributed by atoms with E-state index in [2.05, 4.69) is 10.6 Å². The average Bonchev–Trinajstić information content (AvgIpc) is 2.47. The Balaban J connectivity index is 2.63. The van der Waals surface area contributed by atoms with Gasteiger partial charge >= 0.3 is 6.09 Å². The topological polar surface area (TPSA) is 67.4 Å². The second-order valence-electron chi connectivity index (χ2n) is 5.79. The van der Waals surface area contributed by atoms with Gasteiger partial charge in [0, 0.05) is 11.1 Å². The Labute approximate surface area is 142 Å². The molecule has 1 aromatic carbocycles. The molecular weight excluding hydrogens is 316 g/mol. The van der Waals surface area contributed by atoms with Crippen LogP contribution in [0, 0.1) is 5.92 Å². The number of benzene rings is 1. The first-order chi connectivity index (χ1) is 10.8. The number of amides is 2. The van der Waals surface area contributed by atoms with Crippen molar-refractivity contribution in [3.05, 3.63) is 34.9 Å². The summed E-state index contributed by atoms with van der Waals surface area (Å²) >= 11 is 6.14. The Morgan fingerprint density at radius 2 is 1.83 bits per heavy atom. The molecule has 2 N–H and O–H groups in total. The monoisotopic (exact) mass is 340 g/mol. The van der Waals surface area contributed by atoms with Gasteiger partial charge in [0.05, 0.1) is 6.61 Å². The van der Waals surface area contributed by atoms with Crippen molar-refractivity contribution in [2.45, 2.75) is 46.2 Å². The number of nitrogens with one attached hydrogen (secondary N) is 2. The van der Waals surface area contributed by atoms with Crippen molar-refractivity contribution in [2.24, 2.45) is 5.92 Å². The Morgan fingerprint density at radius 1 is 1.17 bits per heavy atom. The third kappa shape index (κ3) is 6.48. The first-order valence-electron chi connectivity index (χ1n) is 7.82. The highest BCUT2D eigenvalue weighted by Gasteiger charge is 2.25. The van der Waals surface area contributed by atoms with Crippen molar-refractivity contribution in [3.63, 3.8) is 0 Å². The molecule has 0 aromatic heterocycles. The zero-order valence-electron chi connectivity index (χ0n) is 14.1. The normalized spacial score (nSPS) is 13.3. The fourth-order valence-corrected chi connectivity index (χ4v) is 2.43. The predicted octanol–water partition coefficient (Wildman–Crippen LogP) is 3.16. The molecule has 6 heteroatoms. The summed E-state index contributed by atoms with van der Waals surface area (Å²) in [6, 6.07) is 6.80. The van der Waals surface area contributed by atoms with Crippen LogP contribution in [-0.4, -0.2) is 30.7 Å². The van der Waals surface area contributed by atoms with Crippen molar-refractivity contribution in [1.29, 1.82) is 0 Å². The van der Waals surface area contributed by atoms with Gasteiger partial charge in [-0.1, -0.05) is 43.6 Å². The molecular formula is C17H25ClN2O3. The van der Waals surface area contributed by atoms with E-state index in [9.17, 15) is 9.59 Å². The highest BCUT2D eigenvalue weighted by Crippen LogP contribution is 2.16. The molecule has 1 rings (SSSR count). The van der Waals surface area contributed by atoms with Gasteiger partial charge in [0.1, 0.15) is 6.04 Å². The fourth-order valence-electron chi connectivity index (χ4n) is 2.21. The molecule has 2 amide bonds. The van der Waals surface area contributed by atoms with Crippen LogP contribution in [0.3, 0.4) is 0 Å². The van der Waals surface area contributed by atoms with E-state index in [1.807, 2.05) is 45.0 Å². The van der Waals surface area contributed by atoms with Crippen LogP contribution in [0.2, 0.25) is 5.02 Å². The van der Waals surface area contributed by atoms with E-state index in [0.717, 1.165) is 5.56 Å². The van der Waals surface area contributed by atoms with Crippen molar-refractivity contribution in [1.82, 2.24) is 10.6 Å². The largest absolute Gasteiger partial charge is 0.450 e. The lowest BCUT2D eigenvalue weighted by atomic mass is 10.0. The van der Waals surface area contributed by atoms with E-state index in [4.69, 9.17) is 16.3 Å². The van der Waals surface area contributed by atoms with Crippen molar-refractivity contribution in [2.75, 3.05) is 6.61 Å². The van der Waals surface area contributed by atoms with E-state index in [0.29, 0.717) is 11.4 Å². The maximum atomic E-state index is 12.4. The first kappa shape index (κ1) is 19.3. The Kier molecular flexibility index (Phi) is 7.89. The number of hydrogen-bond acceptors (Lipinski definition) is 3. The van der Waals surface area contributed by atoms with Gasteiger partial charge in [-0.15, -0.1) is 0 Å². The minimum atomic E-state index is -0.636. The third-order valence-electron chi connectivity index (χ3n) is 3.37. The number of halogens is 1. The first-order valence-corrected chi connectivity index (χ1v) is 8.20. The van der Waals surface area contributed by atoms with Crippen LogP contribution in [-0.2, 0) is 16.0 Å². The molecule has 1 aromatic rings.